The van der Waals surface area contributed by atoms with Gasteiger partial charge in [-0.05, 0) is 49.6 Å². The van der Waals surface area contributed by atoms with Crippen molar-refractivity contribution in [3.63, 3.8) is 0 Å². The van der Waals surface area contributed by atoms with Gasteiger partial charge in [0.2, 0.25) is 15.9 Å². The number of hydrogen-bond donors (Lipinski definition) is 1. The average Bonchev–Trinajstić information content (AvgIpc) is 2.67. The van der Waals surface area contributed by atoms with Crippen molar-refractivity contribution in [3.05, 3.63) is 57.6 Å². The van der Waals surface area contributed by atoms with Crippen molar-refractivity contribution in [3.8, 4) is 5.75 Å². The molecule has 0 unspecified atom stereocenters. The second-order valence-electron chi connectivity index (χ2n) is 6.88. The van der Waals surface area contributed by atoms with E-state index in [0.29, 0.717) is 5.69 Å². The van der Waals surface area contributed by atoms with Crippen LogP contribution in [0.15, 0.2) is 36.4 Å². The van der Waals surface area contributed by atoms with Gasteiger partial charge in [-0.1, -0.05) is 13.0 Å². The number of nitrogens with zero attached hydrogens (tertiary/aromatic N) is 2. The van der Waals surface area contributed by atoms with Gasteiger partial charge in [-0.25, -0.2) is 8.42 Å². The number of anilines is 2. The summed E-state index contributed by atoms with van der Waals surface area (Å²) in [5, 5.41) is 14.0. The molecule has 162 valence electrons. The molecule has 0 radical (unpaired) electrons. The van der Waals surface area contributed by atoms with Gasteiger partial charge in [0.05, 0.1) is 18.3 Å². The van der Waals surface area contributed by atoms with Crippen molar-refractivity contribution in [2.45, 2.75) is 33.2 Å². The highest BCUT2D eigenvalue weighted by Crippen LogP contribution is 2.35. The molecule has 1 N–H and O–H groups in total. The Hall–Kier alpha value is -3.14. The van der Waals surface area contributed by atoms with Gasteiger partial charge in [-0.2, -0.15) is 0 Å². The van der Waals surface area contributed by atoms with Crippen LogP contribution in [0.5, 0.6) is 5.75 Å². The van der Waals surface area contributed by atoms with Crippen LogP contribution in [-0.2, 0) is 14.8 Å². The Morgan fingerprint density at radius 3 is 2.37 bits per heavy atom. The third kappa shape index (κ3) is 5.07. The molecule has 0 aromatic heterocycles. The van der Waals surface area contributed by atoms with Crippen LogP contribution in [0.1, 0.15) is 24.5 Å². The minimum atomic E-state index is -3.99. The molecule has 0 saturated heterocycles. The quantitative estimate of drug-likeness (QED) is 0.501. The van der Waals surface area contributed by atoms with Gasteiger partial charge >= 0.3 is 0 Å². The number of nitro benzene ring substituents is 1. The van der Waals surface area contributed by atoms with Crippen molar-refractivity contribution < 1.29 is 22.9 Å². The molecule has 0 aliphatic heterocycles. The molecule has 9 nitrogen and oxygen atoms in total. The molecular formula is C20H25N3O6S. The first kappa shape index (κ1) is 23.1. The SMILES string of the molecule is CC[C@@H](C(=O)Nc1ccc(C)c(C)c1)N(c1cc([N+](=O)[O-])ccc1OC)S(C)(=O)=O. The number of nitro groups is 1. The molecule has 10 heteroatoms. The van der Waals surface area contributed by atoms with Crippen molar-refractivity contribution in [1.82, 2.24) is 0 Å². The maximum Gasteiger partial charge on any atom is 0.271 e. The van der Waals surface area contributed by atoms with Crippen LogP contribution in [0.25, 0.3) is 0 Å². The first-order valence-electron chi connectivity index (χ1n) is 9.19. The van der Waals surface area contributed by atoms with E-state index in [2.05, 4.69) is 5.32 Å². The Labute approximate surface area is 175 Å². The molecule has 2 rings (SSSR count). The highest BCUT2D eigenvalue weighted by atomic mass is 32.2. The van der Waals surface area contributed by atoms with Crippen molar-refractivity contribution >= 4 is 33.0 Å². The summed E-state index contributed by atoms with van der Waals surface area (Å²) < 4.78 is 31.4. The highest BCUT2D eigenvalue weighted by molar-refractivity contribution is 7.92. The Morgan fingerprint density at radius 2 is 1.87 bits per heavy atom. The molecule has 0 aliphatic rings. The molecule has 30 heavy (non-hydrogen) atoms. The summed E-state index contributed by atoms with van der Waals surface area (Å²) in [6.07, 6.45) is 1.08. The Bertz CT molecular complexity index is 1070. The van der Waals surface area contributed by atoms with Crippen LogP contribution >= 0.6 is 0 Å². The van der Waals surface area contributed by atoms with Crippen LogP contribution in [-0.4, -0.2) is 38.7 Å². The molecule has 0 heterocycles. The summed E-state index contributed by atoms with van der Waals surface area (Å²) in [6, 6.07) is 7.83. The Morgan fingerprint density at radius 1 is 1.20 bits per heavy atom. The first-order chi connectivity index (χ1) is 14.0. The minimum absolute atomic E-state index is 0.0729. The molecule has 2 aromatic carbocycles. The number of carbonyl (C=O) groups excluding carboxylic acids is 1. The lowest BCUT2D eigenvalue weighted by molar-refractivity contribution is -0.384. The molecule has 1 atom stereocenters. The topological polar surface area (TPSA) is 119 Å². The molecule has 0 aliphatic carbocycles. The predicted octanol–water partition coefficient (Wildman–Crippen LogP) is 3.40. The summed E-state index contributed by atoms with van der Waals surface area (Å²) in [4.78, 5) is 23.6. The summed E-state index contributed by atoms with van der Waals surface area (Å²) in [6.45, 7) is 5.50. The maximum atomic E-state index is 13.0. The number of aryl methyl sites for hydroxylation is 2. The summed E-state index contributed by atoms with van der Waals surface area (Å²) in [5.74, 6) is -0.455. The first-order valence-corrected chi connectivity index (χ1v) is 11.0. The number of non-ortho nitro benzene ring substituents is 1. The largest absolute Gasteiger partial charge is 0.495 e. The van der Waals surface area contributed by atoms with E-state index >= 15 is 0 Å². The Balaban J connectivity index is 2.54. The van der Waals surface area contributed by atoms with Gasteiger partial charge in [0, 0.05) is 17.8 Å². The number of hydrogen-bond acceptors (Lipinski definition) is 6. The second kappa shape index (κ2) is 9.12. The monoisotopic (exact) mass is 435 g/mol. The molecule has 1 amide bonds. The van der Waals surface area contributed by atoms with Gasteiger partial charge in [-0.3, -0.25) is 19.2 Å². The number of sulfonamides is 1. The van der Waals surface area contributed by atoms with Crippen LogP contribution in [0.3, 0.4) is 0 Å². The molecule has 2 aromatic rings. The maximum absolute atomic E-state index is 13.0. The fourth-order valence-corrected chi connectivity index (χ4v) is 4.25. The smallest absolute Gasteiger partial charge is 0.271 e. The fraction of sp³-hybridized carbons (Fsp3) is 0.350. The number of amides is 1. The van der Waals surface area contributed by atoms with E-state index in [1.807, 2.05) is 19.9 Å². The Kier molecular flexibility index (Phi) is 7.04. The van der Waals surface area contributed by atoms with Crippen molar-refractivity contribution in [2.24, 2.45) is 0 Å². The van der Waals surface area contributed by atoms with Crippen molar-refractivity contribution in [2.75, 3.05) is 23.0 Å². The minimum Gasteiger partial charge on any atom is -0.495 e. The zero-order chi connectivity index (χ0) is 22.6. The van der Waals surface area contributed by atoms with E-state index in [9.17, 15) is 23.3 Å². The van der Waals surface area contributed by atoms with E-state index in [1.165, 1.54) is 19.2 Å². The number of benzene rings is 2. The van der Waals surface area contributed by atoms with E-state index in [0.717, 1.165) is 27.8 Å². The molecular weight excluding hydrogens is 410 g/mol. The van der Waals surface area contributed by atoms with Crippen LogP contribution in [0, 0.1) is 24.0 Å². The number of methoxy groups -OCH3 is 1. The summed E-state index contributed by atoms with van der Waals surface area (Å²) in [5.41, 5.74) is 2.17. The lowest BCUT2D eigenvalue weighted by atomic mass is 10.1. The lowest BCUT2D eigenvalue weighted by Crippen LogP contribution is -2.47. The second-order valence-corrected chi connectivity index (χ2v) is 8.74. The third-order valence-corrected chi connectivity index (χ3v) is 5.88. The molecule has 0 spiro atoms. The molecule has 0 fully saturated rings. The highest BCUT2D eigenvalue weighted by Gasteiger charge is 2.34. The summed E-state index contributed by atoms with van der Waals surface area (Å²) in [7, 11) is -2.67. The summed E-state index contributed by atoms with van der Waals surface area (Å²) >= 11 is 0. The number of ether oxygens (including phenoxy) is 1. The zero-order valence-corrected chi connectivity index (χ0v) is 18.3. The number of nitrogens with one attached hydrogen (secondary N) is 1. The molecule has 0 saturated carbocycles. The van der Waals surface area contributed by atoms with Crippen molar-refractivity contribution in [1.29, 1.82) is 0 Å². The van der Waals surface area contributed by atoms with E-state index in [-0.39, 0.29) is 23.5 Å². The average molecular weight is 436 g/mol. The van der Waals surface area contributed by atoms with Crippen LogP contribution in [0.2, 0.25) is 0 Å². The standard InChI is InChI=1S/C20H25N3O6S/c1-6-17(20(24)21-15-8-7-13(2)14(3)11-15)22(30(5,27)28)18-12-16(23(25)26)9-10-19(18)29-4/h7-12,17H,6H2,1-5H3,(H,21,24)/t17-/m0/s1. The number of carbonyl (C=O) groups is 1. The zero-order valence-electron chi connectivity index (χ0n) is 17.5. The van der Waals surface area contributed by atoms with E-state index in [4.69, 9.17) is 4.74 Å². The predicted molar refractivity (Wildman–Crippen MR) is 116 cm³/mol. The van der Waals surface area contributed by atoms with Gasteiger partial charge in [0.25, 0.3) is 5.69 Å². The van der Waals surface area contributed by atoms with E-state index < -0.39 is 26.9 Å². The van der Waals surface area contributed by atoms with Crippen LogP contribution < -0.4 is 14.4 Å². The van der Waals surface area contributed by atoms with E-state index in [1.54, 1.807) is 19.1 Å². The van der Waals surface area contributed by atoms with Crippen LogP contribution in [0.4, 0.5) is 17.1 Å². The normalized spacial score (nSPS) is 12.2. The third-order valence-electron chi connectivity index (χ3n) is 4.71. The van der Waals surface area contributed by atoms with Gasteiger partial charge in [0.1, 0.15) is 17.5 Å². The number of rotatable bonds is 8. The van der Waals surface area contributed by atoms with Gasteiger partial charge in [-0.15, -0.1) is 0 Å². The fourth-order valence-electron chi connectivity index (χ4n) is 3.04. The van der Waals surface area contributed by atoms with Gasteiger partial charge in [0.15, 0.2) is 0 Å². The molecule has 0 bridgehead atoms. The lowest BCUT2D eigenvalue weighted by Gasteiger charge is -2.31. The van der Waals surface area contributed by atoms with Gasteiger partial charge < -0.3 is 10.1 Å².